The van der Waals surface area contributed by atoms with Crippen LogP contribution in [0.15, 0.2) is 140 Å². The number of hydrogen-bond acceptors (Lipinski definition) is 2. The minimum absolute atomic E-state index is 0.979. The summed E-state index contributed by atoms with van der Waals surface area (Å²) in [4.78, 5) is 5.21. The lowest BCUT2D eigenvalue weighted by Crippen LogP contribution is -2.24. The smallest absolute Gasteiger partial charge is 0.146 e. The molecule has 0 bridgehead atoms. The monoisotopic (exact) mass is 534 g/mol. The van der Waals surface area contributed by atoms with Gasteiger partial charge in [0.15, 0.2) is 0 Å². The molecular formula is C35H23N2PS. The summed E-state index contributed by atoms with van der Waals surface area (Å²) in [7, 11) is 0. The zero-order valence-electron chi connectivity index (χ0n) is 21.0. The molecule has 0 radical (unpaired) electrons. The van der Waals surface area contributed by atoms with Crippen LogP contribution in [0.3, 0.4) is 0 Å². The molecule has 184 valence electrons. The molecule has 0 N–H and O–H groups in total. The lowest BCUT2D eigenvalue weighted by atomic mass is 10.0. The van der Waals surface area contributed by atoms with E-state index in [-0.39, 0.29) is 0 Å². The second-order valence-electron chi connectivity index (χ2n) is 9.95. The van der Waals surface area contributed by atoms with Crippen molar-refractivity contribution in [1.82, 2.24) is 9.38 Å². The highest BCUT2D eigenvalue weighted by Gasteiger charge is 2.26. The maximum atomic E-state index is 6.69. The number of pyridine rings is 1. The van der Waals surface area contributed by atoms with E-state index in [2.05, 4.69) is 144 Å². The molecule has 0 spiro atoms. The second kappa shape index (κ2) is 8.61. The average molecular weight is 535 g/mol. The van der Waals surface area contributed by atoms with Crippen molar-refractivity contribution >= 4 is 82.9 Å². The number of benzene rings is 6. The Morgan fingerprint density at radius 2 is 1.13 bits per heavy atom. The Labute approximate surface area is 231 Å². The van der Waals surface area contributed by atoms with Crippen molar-refractivity contribution in [2.45, 2.75) is 0 Å². The Morgan fingerprint density at radius 3 is 1.85 bits per heavy atom. The van der Waals surface area contributed by atoms with E-state index in [1.54, 1.807) is 0 Å². The molecule has 0 aliphatic carbocycles. The molecule has 39 heavy (non-hydrogen) atoms. The molecule has 8 aromatic rings. The van der Waals surface area contributed by atoms with Crippen LogP contribution >= 0.6 is 6.04 Å². The molecular weight excluding hydrogens is 511 g/mol. The molecule has 6 aromatic carbocycles. The van der Waals surface area contributed by atoms with Gasteiger partial charge in [-0.2, -0.15) is 0 Å². The van der Waals surface area contributed by atoms with Crippen LogP contribution in [0, 0.1) is 0 Å². The van der Waals surface area contributed by atoms with Crippen molar-refractivity contribution in [1.29, 1.82) is 0 Å². The predicted octanol–water partition coefficient (Wildman–Crippen LogP) is 7.70. The topological polar surface area (TPSA) is 17.3 Å². The predicted molar refractivity (Wildman–Crippen MR) is 171 cm³/mol. The summed E-state index contributed by atoms with van der Waals surface area (Å²) in [5.74, 6) is 0. The summed E-state index contributed by atoms with van der Waals surface area (Å²) in [6.45, 7) is 0. The van der Waals surface area contributed by atoms with Gasteiger partial charge in [-0.3, -0.25) is 4.40 Å². The average Bonchev–Trinajstić information content (AvgIpc) is 3.40. The Hall–Kier alpha value is -4.30. The molecule has 0 saturated carbocycles. The lowest BCUT2D eigenvalue weighted by molar-refractivity contribution is 1.33. The fourth-order valence-electron chi connectivity index (χ4n) is 6.02. The molecule has 0 unspecified atom stereocenters. The van der Waals surface area contributed by atoms with Crippen molar-refractivity contribution in [2.24, 2.45) is 0 Å². The highest BCUT2D eigenvalue weighted by Crippen LogP contribution is 2.44. The third-order valence-corrected chi connectivity index (χ3v) is 12.8. The molecule has 0 aliphatic heterocycles. The molecule has 0 fully saturated rings. The van der Waals surface area contributed by atoms with Crippen molar-refractivity contribution < 1.29 is 0 Å². The molecule has 4 heteroatoms. The van der Waals surface area contributed by atoms with Crippen molar-refractivity contribution in [3.8, 4) is 0 Å². The van der Waals surface area contributed by atoms with Crippen LogP contribution in [0.5, 0.6) is 0 Å². The van der Waals surface area contributed by atoms with E-state index >= 15 is 0 Å². The fraction of sp³-hybridized carbons (Fsp3) is 0. The SMILES string of the molecule is S=P(c1ccccc1)(c1ccccc1)c1ccc2nc3c4ccccc4c4ccc5ccccc5c4n3c2c1. The van der Waals surface area contributed by atoms with Gasteiger partial charge in [-0.05, 0) is 38.8 Å². The summed E-state index contributed by atoms with van der Waals surface area (Å²) in [6, 6.07) is 47.3. The van der Waals surface area contributed by atoms with Crippen LogP contribution < -0.4 is 15.9 Å². The van der Waals surface area contributed by atoms with Crippen molar-refractivity contribution in [3.05, 3.63) is 140 Å². The standard InChI is InChI=1S/C35H23N2PS/c39-38(25-12-3-1-4-13-25,26-14-5-2-6-15-26)27-20-22-32-33(23-27)37-34-28-16-8-7-11-24(28)19-21-30(34)29-17-9-10-18-31(29)35(37)36-32/h1-23H. The van der Waals surface area contributed by atoms with Crippen LogP contribution in [0.4, 0.5) is 0 Å². The van der Waals surface area contributed by atoms with Crippen LogP contribution in [-0.2, 0) is 11.8 Å². The molecule has 2 heterocycles. The van der Waals surface area contributed by atoms with E-state index in [9.17, 15) is 0 Å². The van der Waals surface area contributed by atoms with Crippen LogP contribution in [0.1, 0.15) is 0 Å². The number of imidazole rings is 1. The summed E-state index contributed by atoms with van der Waals surface area (Å²) >= 11 is 6.69. The quantitative estimate of drug-likeness (QED) is 0.171. The normalized spacial score (nSPS) is 12.2. The van der Waals surface area contributed by atoms with E-state index < -0.39 is 6.04 Å². The minimum Gasteiger partial charge on any atom is -0.291 e. The number of nitrogens with zero attached hydrogens (tertiary/aromatic N) is 2. The first-order chi connectivity index (χ1) is 19.2. The Balaban J connectivity index is 1.56. The van der Waals surface area contributed by atoms with Crippen molar-refractivity contribution in [2.75, 3.05) is 0 Å². The zero-order valence-corrected chi connectivity index (χ0v) is 22.7. The minimum atomic E-state index is -2.30. The Kier molecular flexibility index (Phi) is 5.00. The first-order valence-corrected chi connectivity index (χ1v) is 15.9. The molecule has 8 rings (SSSR count). The maximum absolute atomic E-state index is 6.69. The molecule has 0 aliphatic rings. The second-order valence-corrected chi connectivity index (χ2v) is 14.4. The summed E-state index contributed by atoms with van der Waals surface area (Å²) in [6.07, 6.45) is 0. The van der Waals surface area contributed by atoms with Crippen molar-refractivity contribution in [3.63, 3.8) is 0 Å². The summed E-state index contributed by atoms with van der Waals surface area (Å²) in [5, 5.41) is 9.61. The van der Waals surface area contributed by atoms with Gasteiger partial charge < -0.3 is 0 Å². The van der Waals surface area contributed by atoms with Gasteiger partial charge in [-0.15, -0.1) is 0 Å². The molecule has 0 atom stereocenters. The van der Waals surface area contributed by atoms with Gasteiger partial charge >= 0.3 is 0 Å². The van der Waals surface area contributed by atoms with Crippen LogP contribution in [0.2, 0.25) is 0 Å². The number of fused-ring (bicyclic) bond motifs is 10. The number of hydrogen-bond donors (Lipinski definition) is 0. The highest BCUT2D eigenvalue weighted by atomic mass is 32.4. The van der Waals surface area contributed by atoms with Gasteiger partial charge in [0.1, 0.15) is 5.65 Å². The third kappa shape index (κ3) is 3.27. The van der Waals surface area contributed by atoms with Gasteiger partial charge in [0.05, 0.1) is 16.6 Å². The Morgan fingerprint density at radius 1 is 0.513 bits per heavy atom. The van der Waals surface area contributed by atoms with Gasteiger partial charge in [0.2, 0.25) is 0 Å². The largest absolute Gasteiger partial charge is 0.291 e. The van der Waals surface area contributed by atoms with Crippen LogP contribution in [-0.4, -0.2) is 9.38 Å². The first-order valence-electron chi connectivity index (χ1n) is 13.1. The lowest BCUT2D eigenvalue weighted by Gasteiger charge is -2.24. The van der Waals surface area contributed by atoms with E-state index in [1.165, 1.54) is 43.0 Å². The van der Waals surface area contributed by atoms with Gasteiger partial charge in [-0.1, -0.05) is 139 Å². The van der Waals surface area contributed by atoms with Crippen LogP contribution in [0.25, 0.3) is 49.1 Å². The number of rotatable bonds is 3. The number of aromatic nitrogens is 2. The summed E-state index contributed by atoms with van der Waals surface area (Å²) < 4.78 is 2.37. The highest BCUT2D eigenvalue weighted by molar-refractivity contribution is 8.25. The molecule has 2 aromatic heterocycles. The van der Waals surface area contributed by atoms with E-state index in [1.807, 2.05) is 0 Å². The van der Waals surface area contributed by atoms with Gasteiger partial charge in [0.25, 0.3) is 0 Å². The summed E-state index contributed by atoms with van der Waals surface area (Å²) in [5.41, 5.74) is 4.24. The van der Waals surface area contributed by atoms with Gasteiger partial charge in [-0.25, -0.2) is 4.98 Å². The first kappa shape index (κ1) is 22.7. The maximum Gasteiger partial charge on any atom is 0.146 e. The third-order valence-electron chi connectivity index (χ3n) is 7.82. The molecule has 2 nitrogen and oxygen atoms in total. The molecule has 0 amide bonds. The zero-order chi connectivity index (χ0) is 26.0. The van der Waals surface area contributed by atoms with E-state index in [4.69, 9.17) is 16.8 Å². The fourth-order valence-corrected chi connectivity index (χ4v) is 9.75. The van der Waals surface area contributed by atoms with E-state index in [0.29, 0.717) is 0 Å². The Bertz CT molecular complexity index is 2210. The molecule has 0 saturated heterocycles. The van der Waals surface area contributed by atoms with Gasteiger partial charge in [0, 0.05) is 22.2 Å². The van der Waals surface area contributed by atoms with E-state index in [0.717, 1.165) is 22.1 Å².